The Morgan fingerprint density at radius 1 is 1.24 bits per heavy atom. The van der Waals surface area contributed by atoms with Crippen LogP contribution in [0.2, 0.25) is 0 Å². The van der Waals surface area contributed by atoms with Crippen LogP contribution in [-0.2, 0) is 0 Å². The van der Waals surface area contributed by atoms with Crippen molar-refractivity contribution in [2.24, 2.45) is 0 Å². The molecule has 0 fully saturated rings. The second-order valence-corrected chi connectivity index (χ2v) is 4.40. The molecular weight excluding hydrogens is 268 g/mol. The predicted molar refractivity (Wildman–Crippen MR) is 79.4 cm³/mol. The number of hydrogen-bond acceptors (Lipinski definition) is 4. The van der Waals surface area contributed by atoms with Crippen molar-refractivity contribution in [3.05, 3.63) is 54.4 Å². The number of nitrogens with zero attached hydrogens (tertiary/aromatic N) is 2. The van der Waals surface area contributed by atoms with E-state index in [2.05, 4.69) is 4.98 Å². The topological polar surface area (TPSA) is 62.7 Å². The van der Waals surface area contributed by atoms with Gasteiger partial charge >= 0.3 is 0 Å². The highest BCUT2D eigenvalue weighted by molar-refractivity contribution is 5.92. The summed E-state index contributed by atoms with van der Waals surface area (Å²) in [5.74, 6) is 1.04. The van der Waals surface area contributed by atoms with Crippen LogP contribution in [0.1, 0.15) is 17.4 Å². The molecule has 5 heteroatoms. The number of aliphatic hydroxyl groups is 1. The van der Waals surface area contributed by atoms with Gasteiger partial charge in [0.15, 0.2) is 0 Å². The Labute approximate surface area is 123 Å². The molecule has 1 aromatic heterocycles. The van der Waals surface area contributed by atoms with Crippen LogP contribution in [0.4, 0.5) is 0 Å². The standard InChI is InChI=1S/C16H18N2O3/c1-2-18(10-11-19)16(20)15-12-14(8-9-17-15)21-13-6-4-3-5-7-13/h3-9,12,19H,2,10-11H2,1H3. The third-order valence-corrected chi connectivity index (χ3v) is 2.97. The second kappa shape index (κ2) is 7.40. The average Bonchev–Trinajstić information content (AvgIpc) is 2.53. The van der Waals surface area contributed by atoms with Crippen LogP contribution in [0.5, 0.6) is 11.5 Å². The molecule has 0 aliphatic carbocycles. The van der Waals surface area contributed by atoms with Crippen molar-refractivity contribution < 1.29 is 14.6 Å². The summed E-state index contributed by atoms with van der Waals surface area (Å²) < 4.78 is 5.68. The Kier molecular flexibility index (Phi) is 5.29. The summed E-state index contributed by atoms with van der Waals surface area (Å²) in [7, 11) is 0. The van der Waals surface area contributed by atoms with Gasteiger partial charge in [-0.05, 0) is 25.1 Å². The first-order valence-corrected chi connectivity index (χ1v) is 6.83. The van der Waals surface area contributed by atoms with E-state index in [1.807, 2.05) is 37.3 Å². The number of aliphatic hydroxyl groups excluding tert-OH is 1. The molecule has 2 rings (SSSR count). The molecule has 0 aliphatic heterocycles. The van der Waals surface area contributed by atoms with Crippen LogP contribution in [0, 0.1) is 0 Å². The molecule has 1 heterocycles. The number of aromatic nitrogens is 1. The van der Waals surface area contributed by atoms with Gasteiger partial charge in [-0.3, -0.25) is 9.78 Å². The molecule has 1 N–H and O–H groups in total. The summed E-state index contributed by atoms with van der Waals surface area (Å²) in [4.78, 5) is 17.9. The van der Waals surface area contributed by atoms with Gasteiger partial charge in [-0.1, -0.05) is 18.2 Å². The lowest BCUT2D eigenvalue weighted by Crippen LogP contribution is -2.33. The smallest absolute Gasteiger partial charge is 0.272 e. The van der Waals surface area contributed by atoms with Crippen LogP contribution in [0.3, 0.4) is 0 Å². The first-order chi connectivity index (χ1) is 10.2. The maximum Gasteiger partial charge on any atom is 0.272 e. The summed E-state index contributed by atoms with van der Waals surface area (Å²) >= 11 is 0. The van der Waals surface area contributed by atoms with Crippen LogP contribution in [0.15, 0.2) is 48.7 Å². The number of pyridine rings is 1. The zero-order valence-corrected chi connectivity index (χ0v) is 11.9. The average molecular weight is 286 g/mol. The van der Waals surface area contributed by atoms with Gasteiger partial charge in [0, 0.05) is 25.4 Å². The van der Waals surface area contributed by atoms with E-state index in [4.69, 9.17) is 9.84 Å². The quantitative estimate of drug-likeness (QED) is 0.885. The molecular formula is C16H18N2O3. The highest BCUT2D eigenvalue weighted by Crippen LogP contribution is 2.21. The summed E-state index contributed by atoms with van der Waals surface area (Å²) in [6.07, 6.45) is 1.54. The molecule has 0 radical (unpaired) electrons. The first-order valence-electron chi connectivity index (χ1n) is 6.83. The van der Waals surface area contributed by atoms with E-state index in [-0.39, 0.29) is 12.5 Å². The molecule has 1 aromatic carbocycles. The van der Waals surface area contributed by atoms with Gasteiger partial charge in [0.25, 0.3) is 5.91 Å². The molecule has 2 aromatic rings. The normalized spacial score (nSPS) is 10.2. The Balaban J connectivity index is 2.15. The van der Waals surface area contributed by atoms with Gasteiger partial charge in [-0.15, -0.1) is 0 Å². The lowest BCUT2D eigenvalue weighted by Gasteiger charge is -2.19. The van der Waals surface area contributed by atoms with E-state index in [0.717, 1.165) is 0 Å². The molecule has 5 nitrogen and oxygen atoms in total. The minimum Gasteiger partial charge on any atom is -0.457 e. The van der Waals surface area contributed by atoms with E-state index in [1.54, 1.807) is 12.1 Å². The van der Waals surface area contributed by atoms with Crippen molar-refractivity contribution in [3.8, 4) is 11.5 Å². The Morgan fingerprint density at radius 2 is 2.00 bits per heavy atom. The van der Waals surface area contributed by atoms with Gasteiger partial charge in [-0.25, -0.2) is 0 Å². The molecule has 110 valence electrons. The summed E-state index contributed by atoms with van der Waals surface area (Å²) in [6, 6.07) is 12.6. The number of hydrogen-bond donors (Lipinski definition) is 1. The van der Waals surface area contributed by atoms with E-state index < -0.39 is 0 Å². The molecule has 0 saturated heterocycles. The van der Waals surface area contributed by atoms with E-state index in [9.17, 15) is 4.79 Å². The van der Waals surface area contributed by atoms with Crippen LogP contribution < -0.4 is 4.74 Å². The van der Waals surface area contributed by atoms with Gasteiger partial charge in [0.2, 0.25) is 0 Å². The van der Waals surface area contributed by atoms with Crippen LogP contribution in [-0.4, -0.2) is 40.6 Å². The maximum atomic E-state index is 12.3. The minimum absolute atomic E-state index is 0.0697. The third kappa shape index (κ3) is 4.03. The van der Waals surface area contributed by atoms with Crippen molar-refractivity contribution in [3.63, 3.8) is 0 Å². The Bertz CT molecular complexity index is 587. The lowest BCUT2D eigenvalue weighted by atomic mass is 10.3. The van der Waals surface area contributed by atoms with E-state index >= 15 is 0 Å². The molecule has 1 amide bonds. The van der Waals surface area contributed by atoms with Crippen LogP contribution >= 0.6 is 0 Å². The van der Waals surface area contributed by atoms with Gasteiger partial charge in [0.05, 0.1) is 6.61 Å². The fraction of sp³-hybridized carbons (Fsp3) is 0.250. The Hall–Kier alpha value is -2.40. The van der Waals surface area contributed by atoms with Crippen molar-refractivity contribution >= 4 is 5.91 Å². The summed E-state index contributed by atoms with van der Waals surface area (Å²) in [6.45, 7) is 2.60. The van der Waals surface area contributed by atoms with E-state index in [0.29, 0.717) is 30.3 Å². The number of likely N-dealkylation sites (N-methyl/N-ethyl adjacent to an activating group) is 1. The highest BCUT2D eigenvalue weighted by atomic mass is 16.5. The molecule has 0 saturated carbocycles. The molecule has 0 bridgehead atoms. The number of para-hydroxylation sites is 1. The second-order valence-electron chi connectivity index (χ2n) is 4.40. The van der Waals surface area contributed by atoms with Crippen molar-refractivity contribution in [1.29, 1.82) is 0 Å². The molecule has 0 unspecified atom stereocenters. The summed E-state index contributed by atoms with van der Waals surface area (Å²) in [5.41, 5.74) is 0.304. The van der Waals surface area contributed by atoms with Gasteiger partial charge < -0.3 is 14.7 Å². The minimum atomic E-state index is -0.218. The maximum absolute atomic E-state index is 12.3. The predicted octanol–water partition coefficient (Wildman–Crippen LogP) is 2.33. The molecule has 0 spiro atoms. The number of amides is 1. The fourth-order valence-corrected chi connectivity index (χ4v) is 1.90. The zero-order valence-electron chi connectivity index (χ0n) is 11.9. The van der Waals surface area contributed by atoms with Gasteiger partial charge in [0.1, 0.15) is 17.2 Å². The third-order valence-electron chi connectivity index (χ3n) is 2.97. The number of rotatable bonds is 6. The van der Waals surface area contributed by atoms with Crippen molar-refractivity contribution in [1.82, 2.24) is 9.88 Å². The van der Waals surface area contributed by atoms with Crippen LogP contribution in [0.25, 0.3) is 0 Å². The van der Waals surface area contributed by atoms with Gasteiger partial charge in [-0.2, -0.15) is 0 Å². The number of ether oxygens (including phenoxy) is 1. The number of carbonyl (C=O) groups excluding carboxylic acids is 1. The highest BCUT2D eigenvalue weighted by Gasteiger charge is 2.15. The molecule has 21 heavy (non-hydrogen) atoms. The number of carbonyl (C=O) groups is 1. The molecule has 0 aliphatic rings. The zero-order chi connectivity index (χ0) is 15.1. The summed E-state index contributed by atoms with van der Waals surface area (Å²) in [5, 5.41) is 8.97. The van der Waals surface area contributed by atoms with E-state index in [1.165, 1.54) is 11.1 Å². The van der Waals surface area contributed by atoms with Crippen molar-refractivity contribution in [2.45, 2.75) is 6.92 Å². The fourth-order valence-electron chi connectivity index (χ4n) is 1.90. The largest absolute Gasteiger partial charge is 0.457 e. The first kappa shape index (κ1) is 15.0. The SMILES string of the molecule is CCN(CCO)C(=O)c1cc(Oc2ccccc2)ccn1. The number of benzene rings is 1. The van der Waals surface area contributed by atoms with Crippen molar-refractivity contribution in [2.75, 3.05) is 19.7 Å². The monoisotopic (exact) mass is 286 g/mol. The lowest BCUT2D eigenvalue weighted by molar-refractivity contribution is 0.0726. The molecule has 0 atom stereocenters. The Morgan fingerprint density at radius 3 is 2.67 bits per heavy atom.